The molecular weight excluding hydrogens is 524 g/mol. The number of hydrogen-bond donors (Lipinski definition) is 1. The number of rotatable bonds is 13. The minimum atomic E-state index is -3.40. The van der Waals surface area contributed by atoms with Crippen molar-refractivity contribution < 1.29 is 37.3 Å². The topological polar surface area (TPSA) is 115 Å². The molecule has 10 nitrogen and oxygen atoms in total. The first-order valence-electron chi connectivity index (χ1n) is 13.4. The molecule has 2 heterocycles. The van der Waals surface area contributed by atoms with Crippen LogP contribution in [0, 0.1) is 0 Å². The van der Waals surface area contributed by atoms with Crippen LogP contribution < -0.4 is 14.2 Å². The normalized spacial score (nSPS) is 20.9. The Morgan fingerprint density at radius 3 is 2.44 bits per heavy atom. The quantitative estimate of drug-likeness (QED) is 0.353. The van der Waals surface area contributed by atoms with Gasteiger partial charge in [0.2, 0.25) is 16.8 Å². The summed E-state index contributed by atoms with van der Waals surface area (Å²) in [5.41, 5.74) is 1.73. The van der Waals surface area contributed by atoms with Crippen LogP contribution in [0.15, 0.2) is 42.5 Å². The number of likely N-dealkylation sites (tertiary alicyclic amines) is 1. The first-order chi connectivity index (χ1) is 18.8. The van der Waals surface area contributed by atoms with Gasteiger partial charge in [-0.15, -0.1) is 0 Å². The van der Waals surface area contributed by atoms with E-state index in [1.807, 2.05) is 56.3 Å². The maximum Gasteiger partial charge on any atom is 0.506 e. The number of fused-ring (bicyclic) bond motifs is 1. The molecule has 2 aliphatic heterocycles. The highest BCUT2D eigenvalue weighted by Gasteiger charge is 2.46. The Morgan fingerprint density at radius 1 is 1.05 bits per heavy atom. The number of unbranched alkanes of at least 4 members (excludes halogenated alkanes) is 1. The number of hydrogen-bond acceptors (Lipinski definition) is 8. The second kappa shape index (κ2) is 12.9. The fourth-order valence-corrected chi connectivity index (χ4v) is 7.10. The molecule has 1 saturated heterocycles. The van der Waals surface area contributed by atoms with E-state index in [-0.39, 0.29) is 18.5 Å². The summed E-state index contributed by atoms with van der Waals surface area (Å²) < 4.78 is 49.6. The summed E-state index contributed by atoms with van der Waals surface area (Å²) in [6.45, 7) is 5.71. The maximum absolute atomic E-state index is 13.1. The molecule has 1 fully saturated rings. The van der Waals surface area contributed by atoms with Crippen LogP contribution in [0.2, 0.25) is 0 Å². The van der Waals surface area contributed by atoms with Crippen molar-refractivity contribution in [1.29, 1.82) is 0 Å². The molecule has 3 atom stereocenters. The Balaban J connectivity index is 1.67. The van der Waals surface area contributed by atoms with E-state index in [9.17, 15) is 18.3 Å². The molecule has 2 aliphatic rings. The van der Waals surface area contributed by atoms with Crippen molar-refractivity contribution in [2.75, 3.05) is 45.8 Å². The maximum atomic E-state index is 13.1. The van der Waals surface area contributed by atoms with Crippen molar-refractivity contribution in [3.63, 3.8) is 0 Å². The average molecular weight is 563 g/mol. The second-order valence-electron chi connectivity index (χ2n) is 9.85. The van der Waals surface area contributed by atoms with E-state index in [1.54, 1.807) is 11.4 Å². The van der Waals surface area contributed by atoms with E-state index in [0.29, 0.717) is 56.3 Å². The van der Waals surface area contributed by atoms with Gasteiger partial charge in [0.25, 0.3) is 0 Å². The lowest BCUT2D eigenvalue weighted by Gasteiger charge is -2.30. The number of ether oxygens (including phenoxy) is 4. The second-order valence-corrected chi connectivity index (χ2v) is 11.9. The van der Waals surface area contributed by atoms with Gasteiger partial charge in [0.1, 0.15) is 11.9 Å². The van der Waals surface area contributed by atoms with Crippen LogP contribution in [-0.2, 0) is 14.8 Å². The highest BCUT2D eigenvalue weighted by atomic mass is 32.2. The number of nitrogens with zero attached hydrogens (tertiary/aromatic N) is 2. The summed E-state index contributed by atoms with van der Waals surface area (Å²) in [6.07, 6.45) is 0.0312. The minimum Gasteiger partial charge on any atom is -0.497 e. The molecule has 11 heteroatoms. The average Bonchev–Trinajstić information content (AvgIpc) is 3.53. The smallest absolute Gasteiger partial charge is 0.497 e. The number of sulfonamides is 1. The van der Waals surface area contributed by atoms with Crippen molar-refractivity contribution >= 4 is 16.2 Å². The van der Waals surface area contributed by atoms with Crippen LogP contribution in [0.4, 0.5) is 4.79 Å². The third-order valence-electron chi connectivity index (χ3n) is 7.31. The van der Waals surface area contributed by atoms with Crippen molar-refractivity contribution in [3.05, 3.63) is 53.6 Å². The van der Waals surface area contributed by atoms with E-state index < -0.39 is 28.3 Å². The first kappa shape index (κ1) is 29.0. The van der Waals surface area contributed by atoms with Gasteiger partial charge in [-0.05, 0) is 48.2 Å². The van der Waals surface area contributed by atoms with Gasteiger partial charge < -0.3 is 24.1 Å². The SMILES string of the molecule is CCCCS(=O)(=O)N(CCC)CCN1C[C@H](c2ccc3c(c2)OCO3)[C@H](OC(=O)O)[C@H]1c1ccc(OC)cc1. The third-order valence-corrected chi connectivity index (χ3v) is 9.27. The Labute approximate surface area is 230 Å². The predicted molar refractivity (Wildman–Crippen MR) is 146 cm³/mol. The summed E-state index contributed by atoms with van der Waals surface area (Å²) in [7, 11) is -1.81. The fourth-order valence-electron chi connectivity index (χ4n) is 5.37. The molecule has 0 aliphatic carbocycles. The van der Waals surface area contributed by atoms with Crippen LogP contribution >= 0.6 is 0 Å². The Morgan fingerprint density at radius 2 is 1.77 bits per heavy atom. The fraction of sp³-hybridized carbons (Fsp3) is 0.536. The van der Waals surface area contributed by atoms with Gasteiger partial charge in [0.15, 0.2) is 11.5 Å². The van der Waals surface area contributed by atoms with Crippen LogP contribution in [0.3, 0.4) is 0 Å². The molecule has 2 aromatic rings. The summed E-state index contributed by atoms with van der Waals surface area (Å²) in [4.78, 5) is 14.0. The van der Waals surface area contributed by atoms with Gasteiger partial charge in [-0.2, -0.15) is 0 Å². The minimum absolute atomic E-state index is 0.121. The predicted octanol–water partition coefficient (Wildman–Crippen LogP) is 4.47. The number of carbonyl (C=O) groups is 1. The van der Waals surface area contributed by atoms with Crippen molar-refractivity contribution in [2.45, 2.75) is 51.2 Å². The molecule has 0 unspecified atom stereocenters. The zero-order chi connectivity index (χ0) is 28.0. The van der Waals surface area contributed by atoms with Crippen LogP contribution in [-0.4, -0.2) is 80.8 Å². The van der Waals surface area contributed by atoms with E-state index in [0.717, 1.165) is 17.5 Å². The molecule has 0 aromatic heterocycles. The first-order valence-corrected chi connectivity index (χ1v) is 15.0. The van der Waals surface area contributed by atoms with Gasteiger partial charge in [-0.1, -0.05) is 38.5 Å². The van der Waals surface area contributed by atoms with Crippen molar-refractivity contribution in [3.8, 4) is 17.2 Å². The zero-order valence-corrected chi connectivity index (χ0v) is 23.6. The van der Waals surface area contributed by atoms with Crippen molar-refractivity contribution in [1.82, 2.24) is 9.21 Å². The van der Waals surface area contributed by atoms with E-state index >= 15 is 0 Å². The lowest BCUT2D eigenvalue weighted by molar-refractivity contribution is 0.0283. The van der Waals surface area contributed by atoms with Crippen molar-refractivity contribution in [2.24, 2.45) is 0 Å². The molecule has 39 heavy (non-hydrogen) atoms. The molecular formula is C28H38N2O8S. The summed E-state index contributed by atoms with van der Waals surface area (Å²) in [5.74, 6) is 1.75. The van der Waals surface area contributed by atoms with Crippen LogP contribution in [0.1, 0.15) is 56.2 Å². The van der Waals surface area contributed by atoms with Gasteiger partial charge in [-0.25, -0.2) is 17.5 Å². The molecule has 214 valence electrons. The van der Waals surface area contributed by atoms with Gasteiger partial charge >= 0.3 is 6.16 Å². The van der Waals surface area contributed by atoms with E-state index in [2.05, 4.69) is 4.90 Å². The van der Waals surface area contributed by atoms with E-state index in [1.165, 1.54) is 0 Å². The largest absolute Gasteiger partial charge is 0.506 e. The summed E-state index contributed by atoms with van der Waals surface area (Å²) >= 11 is 0. The monoisotopic (exact) mass is 562 g/mol. The van der Waals surface area contributed by atoms with Crippen LogP contribution in [0.5, 0.6) is 17.2 Å². The molecule has 0 saturated carbocycles. The standard InChI is InChI=1S/C28H38N2O8S/c1-4-6-16-39(33,34)30(13-5-2)15-14-29-18-23(21-9-12-24-25(17-21)37-19-36-24)27(38-28(31)32)26(29)20-7-10-22(35-3)11-8-20/h7-12,17,23,26-27H,4-6,13-16,18-19H2,1-3H3,(H,31,32)/t23-,26-,27+/m1/s1. The summed E-state index contributed by atoms with van der Waals surface area (Å²) in [6, 6.07) is 12.6. The van der Waals surface area contributed by atoms with Gasteiger partial charge in [-0.3, -0.25) is 4.90 Å². The zero-order valence-electron chi connectivity index (χ0n) is 22.7. The lowest BCUT2D eigenvalue weighted by atomic mass is 9.90. The number of carboxylic acid groups (broad SMARTS) is 1. The third kappa shape index (κ3) is 6.77. The molecule has 0 amide bonds. The molecule has 0 spiro atoms. The Bertz CT molecular complexity index is 1220. The van der Waals surface area contributed by atoms with E-state index in [4.69, 9.17) is 18.9 Å². The van der Waals surface area contributed by atoms with Gasteiger partial charge in [0.05, 0.1) is 18.9 Å². The number of methoxy groups -OCH3 is 1. The highest BCUT2D eigenvalue weighted by molar-refractivity contribution is 7.89. The molecule has 1 N–H and O–H groups in total. The summed E-state index contributed by atoms with van der Waals surface area (Å²) in [5, 5.41) is 9.71. The molecule has 4 rings (SSSR count). The lowest BCUT2D eigenvalue weighted by Crippen LogP contribution is -2.41. The van der Waals surface area contributed by atoms with Gasteiger partial charge in [0, 0.05) is 32.1 Å². The highest BCUT2D eigenvalue weighted by Crippen LogP contribution is 2.45. The Kier molecular flexibility index (Phi) is 9.58. The van der Waals surface area contributed by atoms with Crippen LogP contribution in [0.25, 0.3) is 0 Å². The molecule has 0 bridgehead atoms. The molecule has 0 radical (unpaired) electrons. The Hall–Kier alpha value is -3.02. The number of benzene rings is 2. The molecule has 2 aromatic carbocycles.